The summed E-state index contributed by atoms with van der Waals surface area (Å²) in [5.74, 6) is 0.229. The molecule has 0 saturated heterocycles. The summed E-state index contributed by atoms with van der Waals surface area (Å²) < 4.78 is 5.03. The Labute approximate surface area is 98.7 Å². The lowest BCUT2D eigenvalue weighted by molar-refractivity contribution is -0.138. The minimum Gasteiger partial charge on any atom is -0.504 e. The molecule has 1 fully saturated rings. The van der Waals surface area contributed by atoms with Crippen molar-refractivity contribution in [1.82, 2.24) is 5.06 Å². The van der Waals surface area contributed by atoms with E-state index in [1.807, 2.05) is 6.07 Å². The molecule has 5 nitrogen and oxygen atoms in total. The smallest absolute Gasteiger partial charge is 0.169 e. The Morgan fingerprint density at radius 3 is 2.65 bits per heavy atom. The zero-order valence-corrected chi connectivity index (χ0v) is 9.53. The minimum atomic E-state index is -0.490. The summed E-state index contributed by atoms with van der Waals surface area (Å²) in [7, 11) is 1.47. The van der Waals surface area contributed by atoms with E-state index in [4.69, 9.17) is 10.1 Å². The van der Waals surface area contributed by atoms with Crippen molar-refractivity contribution in [2.24, 2.45) is 0 Å². The predicted octanol–water partition coefficient (Wildman–Crippen LogP) is 1.81. The molecule has 3 rings (SSSR count). The Morgan fingerprint density at radius 2 is 2.12 bits per heavy atom. The van der Waals surface area contributed by atoms with Gasteiger partial charge in [-0.25, -0.2) is 5.06 Å². The van der Waals surface area contributed by atoms with Gasteiger partial charge in [-0.2, -0.15) is 0 Å². The van der Waals surface area contributed by atoms with Crippen LogP contribution in [0.15, 0.2) is 12.1 Å². The van der Waals surface area contributed by atoms with Crippen LogP contribution in [0.4, 0.5) is 0 Å². The molecular formula is C12H14N2O3. The van der Waals surface area contributed by atoms with Crippen LogP contribution < -0.4 is 4.74 Å². The van der Waals surface area contributed by atoms with Gasteiger partial charge in [0, 0.05) is 0 Å². The third kappa shape index (κ3) is 1.04. The van der Waals surface area contributed by atoms with Crippen LogP contribution in [-0.2, 0) is 5.54 Å². The van der Waals surface area contributed by atoms with Crippen LogP contribution in [-0.4, -0.2) is 28.3 Å². The predicted molar refractivity (Wildman–Crippen MR) is 60.6 cm³/mol. The van der Waals surface area contributed by atoms with E-state index in [0.29, 0.717) is 11.3 Å². The number of hydrogen-bond acceptors (Lipinski definition) is 4. The van der Waals surface area contributed by atoms with Crippen LogP contribution in [0.25, 0.3) is 0 Å². The molecule has 0 bridgehead atoms. The molecule has 1 aromatic carbocycles. The Balaban J connectivity index is 2.24. The van der Waals surface area contributed by atoms with Gasteiger partial charge in [-0.1, -0.05) is 6.07 Å². The summed E-state index contributed by atoms with van der Waals surface area (Å²) >= 11 is 0. The molecule has 1 aliphatic heterocycles. The molecule has 1 saturated carbocycles. The summed E-state index contributed by atoms with van der Waals surface area (Å²) in [6.07, 6.45) is 2.64. The largest absolute Gasteiger partial charge is 0.504 e. The van der Waals surface area contributed by atoms with Crippen molar-refractivity contribution in [1.29, 1.82) is 5.41 Å². The van der Waals surface area contributed by atoms with Gasteiger partial charge in [-0.05, 0) is 30.9 Å². The van der Waals surface area contributed by atoms with Gasteiger partial charge in [0.15, 0.2) is 17.3 Å². The molecule has 3 N–H and O–H groups in total. The number of hydroxylamine groups is 2. The van der Waals surface area contributed by atoms with E-state index in [1.54, 1.807) is 6.07 Å². The molecule has 90 valence electrons. The van der Waals surface area contributed by atoms with Gasteiger partial charge in [0.1, 0.15) is 0 Å². The molecule has 0 aromatic heterocycles. The molecule has 17 heavy (non-hydrogen) atoms. The monoisotopic (exact) mass is 234 g/mol. The average molecular weight is 234 g/mol. The van der Waals surface area contributed by atoms with Crippen molar-refractivity contribution in [3.05, 3.63) is 23.3 Å². The maximum atomic E-state index is 10.0. The molecule has 5 heteroatoms. The van der Waals surface area contributed by atoms with Gasteiger partial charge < -0.3 is 9.84 Å². The summed E-state index contributed by atoms with van der Waals surface area (Å²) in [6.45, 7) is 0. The molecule has 1 spiro atoms. The van der Waals surface area contributed by atoms with Crippen molar-refractivity contribution >= 4 is 5.84 Å². The van der Waals surface area contributed by atoms with Crippen molar-refractivity contribution < 1.29 is 15.1 Å². The van der Waals surface area contributed by atoms with Crippen molar-refractivity contribution in [3.63, 3.8) is 0 Å². The van der Waals surface area contributed by atoms with Gasteiger partial charge in [-0.3, -0.25) is 10.6 Å². The van der Waals surface area contributed by atoms with E-state index in [-0.39, 0.29) is 11.6 Å². The summed E-state index contributed by atoms with van der Waals surface area (Å²) in [5, 5.41) is 29.0. The fourth-order valence-corrected chi connectivity index (χ4v) is 2.79. The summed E-state index contributed by atoms with van der Waals surface area (Å²) in [5.41, 5.74) is 0.733. The topological polar surface area (TPSA) is 76.8 Å². The first-order chi connectivity index (χ1) is 8.12. The molecule has 1 aromatic rings. The molecular weight excluding hydrogens is 220 g/mol. The highest BCUT2D eigenvalue weighted by atomic mass is 16.5. The number of nitrogens with zero attached hydrogens (tertiary/aromatic N) is 1. The Hall–Kier alpha value is -1.75. The number of aromatic hydroxyl groups is 1. The zero-order valence-electron chi connectivity index (χ0n) is 9.53. The van der Waals surface area contributed by atoms with E-state index in [9.17, 15) is 10.3 Å². The van der Waals surface area contributed by atoms with Crippen LogP contribution in [0.1, 0.15) is 30.4 Å². The Morgan fingerprint density at radius 1 is 1.41 bits per heavy atom. The lowest BCUT2D eigenvalue weighted by atomic mass is 9.72. The summed E-state index contributed by atoms with van der Waals surface area (Å²) in [4.78, 5) is 0. The zero-order chi connectivity index (χ0) is 12.2. The first-order valence-electron chi connectivity index (χ1n) is 5.60. The fourth-order valence-electron chi connectivity index (χ4n) is 2.79. The normalized spacial score (nSPS) is 20.4. The molecule has 0 unspecified atom stereocenters. The lowest BCUT2D eigenvalue weighted by Gasteiger charge is -2.43. The minimum absolute atomic E-state index is 0.0453. The number of fused-ring (bicyclic) bond motifs is 2. The van der Waals surface area contributed by atoms with Crippen LogP contribution in [0, 0.1) is 5.41 Å². The third-order valence-corrected chi connectivity index (χ3v) is 3.90. The molecule has 2 aliphatic rings. The number of methoxy groups -OCH3 is 1. The first-order valence-corrected chi connectivity index (χ1v) is 5.60. The average Bonchev–Trinajstić information content (AvgIpc) is 2.49. The molecule has 1 heterocycles. The quantitative estimate of drug-likeness (QED) is 0.692. The maximum absolute atomic E-state index is 10.0. The summed E-state index contributed by atoms with van der Waals surface area (Å²) in [6, 6.07) is 3.51. The second-order valence-electron chi connectivity index (χ2n) is 4.58. The van der Waals surface area contributed by atoms with E-state index < -0.39 is 5.54 Å². The van der Waals surface area contributed by atoms with Gasteiger partial charge >= 0.3 is 0 Å². The first kappa shape index (κ1) is 10.4. The highest BCUT2D eigenvalue weighted by molar-refractivity contribution is 6.04. The van der Waals surface area contributed by atoms with Crippen molar-refractivity contribution in [3.8, 4) is 11.5 Å². The fraction of sp³-hybridized carbons (Fsp3) is 0.417. The third-order valence-electron chi connectivity index (χ3n) is 3.90. The van der Waals surface area contributed by atoms with E-state index in [2.05, 4.69) is 0 Å². The van der Waals surface area contributed by atoms with Crippen molar-refractivity contribution in [2.75, 3.05) is 7.11 Å². The standard InChI is InChI=1S/C12H14N2O3/c1-17-8-4-3-7-9(10(8)15)11(13)14(16)12(7)5-2-6-12/h3-4,13,15-16H,2,5-6H2,1H3. The van der Waals surface area contributed by atoms with Gasteiger partial charge in [-0.15, -0.1) is 0 Å². The molecule has 0 radical (unpaired) electrons. The number of phenolic OH excluding ortho intramolecular Hbond substituents is 1. The van der Waals surface area contributed by atoms with Crippen LogP contribution in [0.5, 0.6) is 11.5 Å². The highest BCUT2D eigenvalue weighted by Gasteiger charge is 2.53. The van der Waals surface area contributed by atoms with E-state index in [0.717, 1.165) is 29.9 Å². The van der Waals surface area contributed by atoms with E-state index >= 15 is 0 Å². The Bertz CT molecular complexity index is 509. The second kappa shape index (κ2) is 3.13. The van der Waals surface area contributed by atoms with Gasteiger partial charge in [0.05, 0.1) is 18.2 Å². The van der Waals surface area contributed by atoms with Crippen LogP contribution in [0.2, 0.25) is 0 Å². The van der Waals surface area contributed by atoms with Crippen LogP contribution >= 0.6 is 0 Å². The number of hydrogen-bond donors (Lipinski definition) is 3. The molecule has 1 aliphatic carbocycles. The molecule has 0 atom stereocenters. The Kier molecular flexibility index (Phi) is 1.92. The van der Waals surface area contributed by atoms with E-state index in [1.165, 1.54) is 7.11 Å². The maximum Gasteiger partial charge on any atom is 0.169 e. The van der Waals surface area contributed by atoms with Gasteiger partial charge in [0.25, 0.3) is 0 Å². The number of nitrogens with one attached hydrogen (secondary N) is 1. The number of rotatable bonds is 1. The van der Waals surface area contributed by atoms with Crippen molar-refractivity contribution in [2.45, 2.75) is 24.8 Å². The molecule has 0 amide bonds. The highest BCUT2D eigenvalue weighted by Crippen LogP contribution is 2.54. The lowest BCUT2D eigenvalue weighted by Crippen LogP contribution is -2.46. The number of phenols is 1. The number of benzene rings is 1. The second-order valence-corrected chi connectivity index (χ2v) is 4.58. The number of amidine groups is 1. The van der Waals surface area contributed by atoms with Crippen LogP contribution in [0.3, 0.4) is 0 Å². The SMILES string of the molecule is COc1ccc2c(c1O)C(=N)N(O)C21CCC1. The van der Waals surface area contributed by atoms with Gasteiger partial charge in [0.2, 0.25) is 0 Å². The number of ether oxygens (including phenoxy) is 1.